The molecular weight excluding hydrogens is 232 g/mol. The summed E-state index contributed by atoms with van der Waals surface area (Å²) >= 11 is 12.6. The third-order valence-electron chi connectivity index (χ3n) is 2.19. The number of hydrogen-bond donors (Lipinski definition) is 5. The molecule has 78 valence electrons. The molecule has 0 fully saturated rings. The number of nitrogens with two attached hydrogens (primary N) is 2. The molecule has 0 bridgehead atoms. The molecule has 0 saturated heterocycles. The fraction of sp³-hybridized carbons (Fsp3) is 0.333. The molecule has 0 aliphatic carbocycles. The van der Waals surface area contributed by atoms with Crippen LogP contribution in [0.25, 0.3) is 0 Å². The van der Waals surface area contributed by atoms with E-state index in [9.17, 15) is 0 Å². The van der Waals surface area contributed by atoms with Crippen LogP contribution >= 0.6 is 37.9 Å². The summed E-state index contributed by atoms with van der Waals surface area (Å²) < 4.78 is 0. The van der Waals surface area contributed by atoms with E-state index in [1.165, 1.54) is 0 Å². The Morgan fingerprint density at radius 2 is 1.29 bits per heavy atom. The second kappa shape index (κ2) is 5.09. The van der Waals surface area contributed by atoms with Crippen molar-refractivity contribution in [3.05, 3.63) is 22.8 Å². The molecule has 0 aliphatic rings. The highest BCUT2D eigenvalue weighted by Crippen LogP contribution is 2.30. The average molecular weight is 246 g/mol. The molecule has 0 radical (unpaired) electrons. The monoisotopic (exact) mass is 246 g/mol. The maximum Gasteiger partial charge on any atom is 0.0416 e. The van der Waals surface area contributed by atoms with Gasteiger partial charge in [-0.25, -0.2) is 0 Å². The molecule has 2 nitrogen and oxygen atoms in total. The van der Waals surface area contributed by atoms with E-state index in [0.29, 0.717) is 28.6 Å². The van der Waals surface area contributed by atoms with Crippen molar-refractivity contribution in [2.75, 3.05) is 11.5 Å². The Balaban J connectivity index is 3.39. The third-order valence-corrected chi connectivity index (χ3v) is 3.19. The van der Waals surface area contributed by atoms with Gasteiger partial charge < -0.3 is 11.5 Å². The zero-order chi connectivity index (χ0) is 10.7. The quantitative estimate of drug-likeness (QED) is 0.419. The van der Waals surface area contributed by atoms with Crippen molar-refractivity contribution >= 4 is 49.3 Å². The predicted molar refractivity (Wildman–Crippen MR) is 73.3 cm³/mol. The molecule has 4 N–H and O–H groups in total. The van der Waals surface area contributed by atoms with Gasteiger partial charge in [-0.1, -0.05) is 6.07 Å². The zero-order valence-electron chi connectivity index (χ0n) is 7.70. The molecule has 0 heterocycles. The van der Waals surface area contributed by atoms with Crippen LogP contribution in [-0.2, 0) is 17.3 Å². The number of rotatable bonds is 3. The van der Waals surface area contributed by atoms with Gasteiger partial charge >= 0.3 is 0 Å². The summed E-state index contributed by atoms with van der Waals surface area (Å²) in [5.41, 5.74) is 16.1. The van der Waals surface area contributed by atoms with Gasteiger partial charge in [0.15, 0.2) is 0 Å². The van der Waals surface area contributed by atoms with Gasteiger partial charge in [-0.2, -0.15) is 37.9 Å². The van der Waals surface area contributed by atoms with E-state index >= 15 is 0 Å². The van der Waals surface area contributed by atoms with Gasteiger partial charge in [-0.05, 0) is 11.1 Å². The van der Waals surface area contributed by atoms with Crippen LogP contribution < -0.4 is 11.5 Å². The SMILES string of the molecule is Nc1c(CS)cc(CS)c(N)c1CS. The van der Waals surface area contributed by atoms with Crippen LogP contribution in [-0.4, -0.2) is 0 Å². The first-order valence-electron chi connectivity index (χ1n) is 4.16. The summed E-state index contributed by atoms with van der Waals surface area (Å²) in [7, 11) is 0. The molecule has 1 aromatic rings. The first-order valence-corrected chi connectivity index (χ1v) is 6.06. The van der Waals surface area contributed by atoms with Crippen LogP contribution in [0.15, 0.2) is 6.07 Å². The largest absolute Gasteiger partial charge is 0.398 e. The van der Waals surface area contributed by atoms with Crippen molar-refractivity contribution in [2.24, 2.45) is 0 Å². The van der Waals surface area contributed by atoms with E-state index in [0.717, 1.165) is 16.7 Å². The lowest BCUT2D eigenvalue weighted by Gasteiger charge is -2.14. The molecule has 1 rings (SSSR count). The summed E-state index contributed by atoms with van der Waals surface area (Å²) in [6.07, 6.45) is 0. The number of thiol groups is 3. The van der Waals surface area contributed by atoms with E-state index < -0.39 is 0 Å². The minimum atomic E-state index is 0.542. The molecule has 1 aromatic carbocycles. The van der Waals surface area contributed by atoms with Crippen LogP contribution in [0.3, 0.4) is 0 Å². The van der Waals surface area contributed by atoms with Crippen molar-refractivity contribution < 1.29 is 0 Å². The van der Waals surface area contributed by atoms with Gasteiger partial charge in [0.1, 0.15) is 0 Å². The minimum absolute atomic E-state index is 0.542. The van der Waals surface area contributed by atoms with Crippen molar-refractivity contribution in [1.29, 1.82) is 0 Å². The Bertz CT molecular complexity index is 311. The highest BCUT2D eigenvalue weighted by Gasteiger charge is 2.11. The number of nitrogen functional groups attached to an aromatic ring is 2. The van der Waals surface area contributed by atoms with Crippen LogP contribution in [0.2, 0.25) is 0 Å². The third kappa shape index (κ3) is 2.10. The molecule has 0 amide bonds. The maximum absolute atomic E-state index is 5.93. The second-order valence-electron chi connectivity index (χ2n) is 2.98. The minimum Gasteiger partial charge on any atom is -0.398 e. The fourth-order valence-corrected chi connectivity index (χ4v) is 2.19. The van der Waals surface area contributed by atoms with Crippen LogP contribution in [0, 0.1) is 0 Å². The molecule has 0 spiro atoms. The maximum atomic E-state index is 5.93. The summed E-state index contributed by atoms with van der Waals surface area (Å²) in [5.74, 6) is 1.75. The van der Waals surface area contributed by atoms with Crippen LogP contribution in [0.5, 0.6) is 0 Å². The predicted octanol–water partition coefficient (Wildman–Crippen LogP) is 2.14. The van der Waals surface area contributed by atoms with E-state index in [1.807, 2.05) is 6.07 Å². The van der Waals surface area contributed by atoms with Gasteiger partial charge in [0.25, 0.3) is 0 Å². The molecule has 0 saturated carbocycles. The van der Waals surface area contributed by atoms with Gasteiger partial charge in [-0.15, -0.1) is 0 Å². The van der Waals surface area contributed by atoms with Crippen molar-refractivity contribution in [3.8, 4) is 0 Å². The Labute approximate surface area is 101 Å². The Morgan fingerprint density at radius 3 is 1.57 bits per heavy atom. The smallest absolute Gasteiger partial charge is 0.0416 e. The first-order chi connectivity index (χ1) is 6.65. The van der Waals surface area contributed by atoms with E-state index in [-0.39, 0.29) is 0 Å². The number of anilines is 2. The summed E-state index contributed by atoms with van der Waals surface area (Å²) in [6.45, 7) is 0. The van der Waals surface area contributed by atoms with Gasteiger partial charge in [0.2, 0.25) is 0 Å². The van der Waals surface area contributed by atoms with E-state index in [2.05, 4.69) is 37.9 Å². The number of hydrogen-bond acceptors (Lipinski definition) is 5. The lowest BCUT2D eigenvalue weighted by Crippen LogP contribution is -2.05. The van der Waals surface area contributed by atoms with Gasteiger partial charge in [0, 0.05) is 34.2 Å². The zero-order valence-corrected chi connectivity index (χ0v) is 10.4. The summed E-state index contributed by atoms with van der Waals surface area (Å²) in [4.78, 5) is 0. The average Bonchev–Trinajstić information content (AvgIpc) is 2.19. The van der Waals surface area contributed by atoms with Crippen molar-refractivity contribution in [1.82, 2.24) is 0 Å². The Morgan fingerprint density at radius 1 is 0.857 bits per heavy atom. The lowest BCUT2D eigenvalue weighted by atomic mass is 10.0. The standard InChI is InChI=1S/C9H14N2S3/c10-8-5(2-12)1-6(3-13)9(11)7(8)4-14/h1,12-14H,2-4,10-11H2. The van der Waals surface area contributed by atoms with Crippen LogP contribution in [0.1, 0.15) is 16.7 Å². The molecule has 14 heavy (non-hydrogen) atoms. The first kappa shape index (κ1) is 11.9. The molecule has 0 aromatic heterocycles. The summed E-state index contributed by atoms with van der Waals surface area (Å²) in [5, 5.41) is 0. The highest BCUT2D eigenvalue weighted by molar-refractivity contribution is 7.79. The summed E-state index contributed by atoms with van der Waals surface area (Å²) in [6, 6.07) is 1.96. The van der Waals surface area contributed by atoms with Crippen LogP contribution in [0.4, 0.5) is 11.4 Å². The lowest BCUT2D eigenvalue weighted by molar-refractivity contribution is 1.29. The van der Waals surface area contributed by atoms with Crippen molar-refractivity contribution in [3.63, 3.8) is 0 Å². The Kier molecular flexibility index (Phi) is 4.34. The van der Waals surface area contributed by atoms with Gasteiger partial charge in [-0.3, -0.25) is 0 Å². The molecule has 0 atom stereocenters. The molecule has 5 heteroatoms. The number of benzene rings is 1. The van der Waals surface area contributed by atoms with Crippen molar-refractivity contribution in [2.45, 2.75) is 17.3 Å². The fourth-order valence-electron chi connectivity index (χ4n) is 1.33. The normalized spacial score (nSPS) is 10.5. The second-order valence-corrected chi connectivity index (χ2v) is 3.92. The molecular formula is C9H14N2S3. The Hall–Kier alpha value is -0.130. The topological polar surface area (TPSA) is 52.0 Å². The van der Waals surface area contributed by atoms with E-state index in [4.69, 9.17) is 11.5 Å². The highest BCUT2D eigenvalue weighted by atomic mass is 32.1. The van der Waals surface area contributed by atoms with Gasteiger partial charge in [0.05, 0.1) is 0 Å². The van der Waals surface area contributed by atoms with E-state index in [1.54, 1.807) is 0 Å². The molecule has 0 unspecified atom stereocenters. The molecule has 0 aliphatic heterocycles.